The maximum atomic E-state index is 11.8. The summed E-state index contributed by atoms with van der Waals surface area (Å²) in [4.78, 5) is 19.9. The minimum absolute atomic E-state index is 0.104. The van der Waals surface area contributed by atoms with Crippen molar-refractivity contribution >= 4 is 29.2 Å². The second-order valence-electron chi connectivity index (χ2n) is 4.46. The van der Waals surface area contributed by atoms with Crippen LogP contribution >= 0.6 is 23.2 Å². The predicted molar refractivity (Wildman–Crippen MR) is 83.1 cm³/mol. The van der Waals surface area contributed by atoms with E-state index in [1.165, 1.54) is 12.3 Å². The zero-order valence-corrected chi connectivity index (χ0v) is 13.1. The first-order valence-electron chi connectivity index (χ1n) is 6.49. The van der Waals surface area contributed by atoms with E-state index in [0.717, 1.165) is 0 Å². The molecule has 0 amide bonds. The van der Waals surface area contributed by atoms with Crippen LogP contribution < -0.4 is 0 Å². The van der Waals surface area contributed by atoms with Crippen molar-refractivity contribution in [3.63, 3.8) is 0 Å². The molecule has 8 heteroatoms. The molecule has 0 bridgehead atoms. The number of benzene rings is 1. The number of hydrogen-bond donors (Lipinski definition) is 0. The normalized spacial score (nSPS) is 10.5. The van der Waals surface area contributed by atoms with Gasteiger partial charge in [-0.2, -0.15) is 4.98 Å². The number of halogens is 2. The zero-order chi connectivity index (χ0) is 16.2. The van der Waals surface area contributed by atoms with Crippen LogP contribution in [-0.4, -0.2) is 21.1 Å². The number of rotatable bonds is 4. The quantitative estimate of drug-likeness (QED) is 0.666. The fourth-order valence-electron chi connectivity index (χ4n) is 1.78. The first-order valence-corrected chi connectivity index (χ1v) is 7.24. The topological polar surface area (TPSA) is 78.1 Å². The van der Waals surface area contributed by atoms with Crippen LogP contribution in [0.1, 0.15) is 16.4 Å². The lowest BCUT2D eigenvalue weighted by Gasteiger charge is -2.01. The molecule has 0 atom stereocenters. The maximum Gasteiger partial charge on any atom is 0.357 e. The molecule has 0 spiro atoms. The largest absolute Gasteiger partial charge is 0.451 e. The summed E-state index contributed by atoms with van der Waals surface area (Å²) >= 11 is 11.7. The van der Waals surface area contributed by atoms with Crippen molar-refractivity contribution in [2.24, 2.45) is 0 Å². The number of esters is 1. The van der Waals surface area contributed by atoms with Gasteiger partial charge in [0.05, 0.1) is 0 Å². The van der Waals surface area contributed by atoms with Gasteiger partial charge in [0.25, 0.3) is 5.89 Å². The fraction of sp³-hybridized carbons (Fsp3) is 0.0667. The molecule has 0 fully saturated rings. The van der Waals surface area contributed by atoms with Crippen LogP contribution in [0, 0.1) is 0 Å². The molecule has 6 nitrogen and oxygen atoms in total. The van der Waals surface area contributed by atoms with Crippen LogP contribution in [0.5, 0.6) is 0 Å². The van der Waals surface area contributed by atoms with E-state index >= 15 is 0 Å². The van der Waals surface area contributed by atoms with Crippen LogP contribution in [0.15, 0.2) is 47.1 Å². The average molecular weight is 350 g/mol. The van der Waals surface area contributed by atoms with Crippen molar-refractivity contribution in [2.45, 2.75) is 6.61 Å². The van der Waals surface area contributed by atoms with E-state index in [2.05, 4.69) is 15.1 Å². The summed E-state index contributed by atoms with van der Waals surface area (Å²) in [6, 6.07) is 9.99. The Balaban J connectivity index is 1.67. The van der Waals surface area contributed by atoms with Gasteiger partial charge < -0.3 is 9.26 Å². The Morgan fingerprint density at radius 2 is 2.00 bits per heavy atom. The summed E-state index contributed by atoms with van der Waals surface area (Å²) in [5.74, 6) is -0.107. The minimum Gasteiger partial charge on any atom is -0.451 e. The number of ether oxygens (including phenoxy) is 1. The van der Waals surface area contributed by atoms with Crippen LogP contribution in [0.25, 0.3) is 11.4 Å². The Kier molecular flexibility index (Phi) is 4.55. The molecule has 0 saturated heterocycles. The monoisotopic (exact) mass is 349 g/mol. The van der Waals surface area contributed by atoms with Crippen LogP contribution in [-0.2, 0) is 11.3 Å². The molecule has 0 saturated carbocycles. The number of nitrogens with zero attached hydrogens (tertiary/aromatic N) is 3. The van der Waals surface area contributed by atoms with E-state index in [-0.39, 0.29) is 18.2 Å². The molecule has 3 aromatic rings. The molecule has 0 aliphatic heterocycles. The Bertz CT molecular complexity index is 851. The van der Waals surface area contributed by atoms with Gasteiger partial charge in [0.15, 0.2) is 6.61 Å². The molecule has 2 heterocycles. The number of aromatic nitrogens is 3. The van der Waals surface area contributed by atoms with E-state index < -0.39 is 5.97 Å². The van der Waals surface area contributed by atoms with E-state index in [1.54, 1.807) is 30.3 Å². The number of carbonyl (C=O) groups excluding carboxylic acids is 1. The van der Waals surface area contributed by atoms with Crippen LogP contribution in [0.3, 0.4) is 0 Å². The summed E-state index contributed by atoms with van der Waals surface area (Å²) in [6.07, 6.45) is 1.42. The van der Waals surface area contributed by atoms with E-state index in [1.807, 2.05) is 0 Å². The molecule has 23 heavy (non-hydrogen) atoms. The van der Waals surface area contributed by atoms with Crippen molar-refractivity contribution in [1.29, 1.82) is 0 Å². The molecule has 3 rings (SSSR count). The molecule has 0 aliphatic rings. The highest BCUT2D eigenvalue weighted by atomic mass is 35.5. The summed E-state index contributed by atoms with van der Waals surface area (Å²) in [5.41, 5.74) is 0.808. The van der Waals surface area contributed by atoms with Gasteiger partial charge in [-0.15, -0.1) is 0 Å². The van der Waals surface area contributed by atoms with Crippen molar-refractivity contribution in [3.8, 4) is 11.4 Å². The highest BCUT2D eigenvalue weighted by Gasteiger charge is 2.13. The molecule has 116 valence electrons. The third kappa shape index (κ3) is 3.85. The average Bonchev–Trinajstić information content (AvgIpc) is 3.01. The van der Waals surface area contributed by atoms with Crippen LogP contribution in [0.2, 0.25) is 10.0 Å². The van der Waals surface area contributed by atoms with Crippen molar-refractivity contribution in [2.75, 3.05) is 0 Å². The van der Waals surface area contributed by atoms with Crippen molar-refractivity contribution in [3.05, 3.63) is 64.2 Å². The maximum absolute atomic E-state index is 11.8. The number of carbonyl (C=O) groups is 1. The highest BCUT2D eigenvalue weighted by Crippen LogP contribution is 2.20. The first-order chi connectivity index (χ1) is 11.1. The van der Waals surface area contributed by atoms with Crippen molar-refractivity contribution in [1.82, 2.24) is 15.1 Å². The second kappa shape index (κ2) is 6.76. The number of hydrogen-bond acceptors (Lipinski definition) is 6. The van der Waals surface area contributed by atoms with Gasteiger partial charge in [-0.05, 0) is 24.3 Å². The summed E-state index contributed by atoms with van der Waals surface area (Å²) in [5, 5.41) is 4.78. The van der Waals surface area contributed by atoms with E-state index in [4.69, 9.17) is 32.5 Å². The third-order valence-electron chi connectivity index (χ3n) is 2.81. The lowest BCUT2D eigenvalue weighted by atomic mass is 10.2. The smallest absolute Gasteiger partial charge is 0.357 e. The van der Waals surface area contributed by atoms with Gasteiger partial charge in [0.2, 0.25) is 5.82 Å². The van der Waals surface area contributed by atoms with Gasteiger partial charge in [-0.1, -0.05) is 40.5 Å². The minimum atomic E-state index is -0.630. The summed E-state index contributed by atoms with van der Waals surface area (Å²) in [6.45, 7) is -0.166. The molecule has 0 aliphatic carbocycles. The van der Waals surface area contributed by atoms with Gasteiger partial charge in [-0.3, -0.25) is 0 Å². The Hall–Kier alpha value is -2.44. The molecule has 1 aromatic carbocycles. The highest BCUT2D eigenvalue weighted by molar-refractivity contribution is 6.31. The van der Waals surface area contributed by atoms with Gasteiger partial charge in [0.1, 0.15) is 5.69 Å². The van der Waals surface area contributed by atoms with E-state index in [0.29, 0.717) is 21.4 Å². The number of pyridine rings is 1. The zero-order valence-electron chi connectivity index (χ0n) is 11.6. The Labute approximate surface area is 141 Å². The summed E-state index contributed by atoms with van der Waals surface area (Å²) < 4.78 is 10.1. The SMILES string of the molecule is O=C(OCc1nc(-c2cccc(Cl)c2)no1)c1cc(Cl)ccn1. The van der Waals surface area contributed by atoms with Gasteiger partial charge >= 0.3 is 5.97 Å². The molecule has 0 radical (unpaired) electrons. The Morgan fingerprint density at radius 3 is 2.78 bits per heavy atom. The first kappa shape index (κ1) is 15.5. The second-order valence-corrected chi connectivity index (χ2v) is 5.33. The Morgan fingerprint density at radius 1 is 1.17 bits per heavy atom. The van der Waals surface area contributed by atoms with Gasteiger partial charge in [-0.25, -0.2) is 9.78 Å². The van der Waals surface area contributed by atoms with Gasteiger partial charge in [0, 0.05) is 21.8 Å². The van der Waals surface area contributed by atoms with Crippen LogP contribution in [0.4, 0.5) is 0 Å². The molecule has 0 unspecified atom stereocenters. The molecular formula is C15H9Cl2N3O3. The molecular weight excluding hydrogens is 341 g/mol. The predicted octanol–water partition coefficient (Wildman–Crippen LogP) is 3.80. The molecule has 2 aromatic heterocycles. The lowest BCUT2D eigenvalue weighted by molar-refractivity contribution is 0.0423. The molecule has 0 N–H and O–H groups in total. The van der Waals surface area contributed by atoms with E-state index in [9.17, 15) is 4.79 Å². The third-order valence-corrected chi connectivity index (χ3v) is 3.28. The van der Waals surface area contributed by atoms with Crippen molar-refractivity contribution < 1.29 is 14.1 Å². The summed E-state index contributed by atoms with van der Waals surface area (Å²) in [7, 11) is 0. The lowest BCUT2D eigenvalue weighted by Crippen LogP contribution is -2.07. The standard InChI is InChI=1S/C15H9Cl2N3O3/c16-10-3-1-2-9(6-10)14-19-13(23-20-14)8-22-15(21)12-7-11(17)4-5-18-12/h1-7H,8H2. The fourth-order valence-corrected chi connectivity index (χ4v) is 2.13.